The molecule has 1 atom stereocenters. The lowest BCUT2D eigenvalue weighted by atomic mass is 10.1. The van der Waals surface area contributed by atoms with E-state index in [1.54, 1.807) is 6.92 Å². The smallest absolute Gasteiger partial charge is 0.219 e. The van der Waals surface area contributed by atoms with Gasteiger partial charge in [-0.25, -0.2) is 0 Å². The van der Waals surface area contributed by atoms with E-state index in [1.807, 2.05) is 17.9 Å². The zero-order chi connectivity index (χ0) is 19.9. The molecule has 2 saturated heterocycles. The number of nitrogens with zero attached hydrogens (tertiary/aromatic N) is 4. The fourth-order valence-electron chi connectivity index (χ4n) is 3.74. The molecule has 3 rings (SSSR count). The summed E-state index contributed by atoms with van der Waals surface area (Å²) in [7, 11) is 0. The second kappa shape index (κ2) is 11.8. The summed E-state index contributed by atoms with van der Waals surface area (Å²) in [6.45, 7) is 13.5. The number of piperazine rings is 1. The normalized spacial score (nSPS) is 19.6. The molecule has 9 heteroatoms. The average Bonchev–Trinajstić information content (AvgIpc) is 3.14. The number of aliphatic imine (C=N–C) groups is 1. The Morgan fingerprint density at radius 2 is 1.79 bits per heavy atom. The SMILES string of the molecule is CCNC(=NCC(c1ccc(C)o1)N1CCOCC1)N1CCN(C(C)=O)CC1.I. The predicted octanol–water partition coefficient (Wildman–Crippen LogP) is 1.71. The summed E-state index contributed by atoms with van der Waals surface area (Å²) < 4.78 is 11.5. The number of halogens is 1. The van der Waals surface area contributed by atoms with Gasteiger partial charge in [-0.15, -0.1) is 24.0 Å². The number of hydrogen-bond donors (Lipinski definition) is 1. The number of amides is 1. The van der Waals surface area contributed by atoms with Crippen LogP contribution in [0.5, 0.6) is 0 Å². The van der Waals surface area contributed by atoms with Gasteiger partial charge in [0.2, 0.25) is 5.91 Å². The molecule has 3 heterocycles. The lowest BCUT2D eigenvalue weighted by Gasteiger charge is -2.37. The number of ether oxygens (including phenoxy) is 1. The van der Waals surface area contributed by atoms with Gasteiger partial charge >= 0.3 is 0 Å². The van der Waals surface area contributed by atoms with Gasteiger partial charge in [0.1, 0.15) is 11.5 Å². The van der Waals surface area contributed by atoms with Gasteiger partial charge in [0.05, 0.1) is 25.8 Å². The van der Waals surface area contributed by atoms with Crippen LogP contribution in [0, 0.1) is 6.92 Å². The average molecular weight is 519 g/mol. The van der Waals surface area contributed by atoms with Crippen LogP contribution >= 0.6 is 24.0 Å². The number of hydrogen-bond acceptors (Lipinski definition) is 5. The van der Waals surface area contributed by atoms with E-state index in [1.165, 1.54) is 0 Å². The summed E-state index contributed by atoms with van der Waals surface area (Å²) in [5.74, 6) is 2.93. The van der Waals surface area contributed by atoms with E-state index >= 15 is 0 Å². The first-order chi connectivity index (χ1) is 13.6. The largest absolute Gasteiger partial charge is 0.465 e. The Hall–Kier alpha value is -1.33. The molecular formula is C20H34IN5O3. The molecule has 0 radical (unpaired) electrons. The minimum Gasteiger partial charge on any atom is -0.465 e. The van der Waals surface area contributed by atoms with Gasteiger partial charge in [-0.1, -0.05) is 0 Å². The van der Waals surface area contributed by atoms with Crippen molar-refractivity contribution in [2.75, 3.05) is 65.6 Å². The van der Waals surface area contributed by atoms with E-state index in [-0.39, 0.29) is 35.9 Å². The zero-order valence-electron chi connectivity index (χ0n) is 17.7. The molecule has 0 aliphatic carbocycles. The van der Waals surface area contributed by atoms with Gasteiger partial charge in [-0.2, -0.15) is 0 Å². The maximum Gasteiger partial charge on any atom is 0.219 e. The summed E-state index contributed by atoms with van der Waals surface area (Å²) >= 11 is 0. The molecule has 0 bridgehead atoms. The molecule has 0 saturated carbocycles. The number of nitrogens with one attached hydrogen (secondary N) is 1. The van der Waals surface area contributed by atoms with Gasteiger partial charge in [-0.05, 0) is 26.0 Å². The van der Waals surface area contributed by atoms with Crippen LogP contribution in [0.1, 0.15) is 31.4 Å². The Kier molecular flexibility index (Phi) is 9.70. The number of carbonyl (C=O) groups excluding carboxylic acids is 1. The van der Waals surface area contributed by atoms with Crippen molar-refractivity contribution in [1.29, 1.82) is 0 Å². The lowest BCUT2D eigenvalue weighted by molar-refractivity contribution is -0.130. The molecule has 1 unspecified atom stereocenters. The van der Waals surface area contributed by atoms with Crippen LogP contribution in [0.25, 0.3) is 0 Å². The summed E-state index contributed by atoms with van der Waals surface area (Å²) in [5.41, 5.74) is 0. The van der Waals surface area contributed by atoms with Gasteiger partial charge in [0, 0.05) is 52.7 Å². The summed E-state index contributed by atoms with van der Waals surface area (Å²) in [4.78, 5) is 23.1. The highest BCUT2D eigenvalue weighted by atomic mass is 127. The van der Waals surface area contributed by atoms with Gasteiger partial charge in [-0.3, -0.25) is 14.7 Å². The standard InChI is InChI=1S/C20H33N5O3.HI/c1-4-21-20(25-9-7-23(8-10-25)17(3)26)22-15-18(19-6-5-16(2)28-19)24-11-13-27-14-12-24;/h5-6,18H,4,7-15H2,1-3H3,(H,21,22);1H. The van der Waals surface area contributed by atoms with Crippen LogP contribution in [-0.2, 0) is 9.53 Å². The monoisotopic (exact) mass is 519 g/mol. The highest BCUT2D eigenvalue weighted by Crippen LogP contribution is 2.24. The molecule has 8 nitrogen and oxygen atoms in total. The highest BCUT2D eigenvalue weighted by molar-refractivity contribution is 14.0. The zero-order valence-corrected chi connectivity index (χ0v) is 20.1. The maximum absolute atomic E-state index is 11.6. The Labute approximate surface area is 190 Å². The number of rotatable bonds is 5. The first-order valence-corrected chi connectivity index (χ1v) is 10.3. The van der Waals surface area contributed by atoms with E-state index < -0.39 is 0 Å². The third-order valence-electron chi connectivity index (χ3n) is 5.35. The molecule has 1 aromatic rings. The molecule has 0 aromatic carbocycles. The number of morpholine rings is 1. The van der Waals surface area contributed by atoms with Gasteiger partial charge in [0.15, 0.2) is 5.96 Å². The summed E-state index contributed by atoms with van der Waals surface area (Å²) in [6.07, 6.45) is 0. The predicted molar refractivity (Wildman–Crippen MR) is 124 cm³/mol. The van der Waals surface area contributed by atoms with Crippen LogP contribution in [0.2, 0.25) is 0 Å². The van der Waals surface area contributed by atoms with E-state index in [9.17, 15) is 4.79 Å². The number of carbonyl (C=O) groups is 1. The maximum atomic E-state index is 11.6. The van der Waals surface area contributed by atoms with E-state index in [0.717, 1.165) is 76.5 Å². The van der Waals surface area contributed by atoms with Crippen LogP contribution in [-0.4, -0.2) is 92.1 Å². The number of aryl methyl sites for hydroxylation is 1. The van der Waals surface area contributed by atoms with Gasteiger partial charge in [0.25, 0.3) is 0 Å². The van der Waals surface area contributed by atoms with Crippen molar-refractivity contribution in [3.8, 4) is 0 Å². The molecule has 2 aliphatic heterocycles. The van der Waals surface area contributed by atoms with Crippen molar-refractivity contribution in [3.63, 3.8) is 0 Å². The third-order valence-corrected chi connectivity index (χ3v) is 5.35. The Balaban J connectivity index is 0.00000300. The Bertz CT molecular complexity index is 667. The second-order valence-electron chi connectivity index (χ2n) is 7.30. The minimum absolute atomic E-state index is 0. The molecule has 29 heavy (non-hydrogen) atoms. The minimum atomic E-state index is 0. The van der Waals surface area contributed by atoms with Crippen molar-refractivity contribution in [2.45, 2.75) is 26.8 Å². The van der Waals surface area contributed by atoms with Crippen LogP contribution < -0.4 is 5.32 Å². The topological polar surface area (TPSA) is 73.6 Å². The lowest BCUT2D eigenvalue weighted by Crippen LogP contribution is -2.53. The molecule has 164 valence electrons. The number of furan rings is 1. The Morgan fingerprint density at radius 3 is 2.34 bits per heavy atom. The molecule has 0 spiro atoms. The molecule has 1 N–H and O–H groups in total. The molecule has 1 aromatic heterocycles. The van der Waals surface area contributed by atoms with Crippen LogP contribution in [0.15, 0.2) is 21.5 Å². The van der Waals surface area contributed by atoms with Crippen molar-refractivity contribution in [3.05, 3.63) is 23.7 Å². The van der Waals surface area contributed by atoms with E-state index in [0.29, 0.717) is 6.54 Å². The fraction of sp³-hybridized carbons (Fsp3) is 0.700. The summed E-state index contributed by atoms with van der Waals surface area (Å²) in [6, 6.07) is 4.17. The van der Waals surface area contributed by atoms with Gasteiger partial charge < -0.3 is 24.3 Å². The van der Waals surface area contributed by atoms with E-state index in [4.69, 9.17) is 14.1 Å². The van der Waals surface area contributed by atoms with E-state index in [2.05, 4.69) is 28.1 Å². The quantitative estimate of drug-likeness (QED) is 0.363. The second-order valence-corrected chi connectivity index (χ2v) is 7.30. The van der Waals surface area contributed by atoms with Crippen molar-refractivity contribution >= 4 is 35.8 Å². The van der Waals surface area contributed by atoms with Crippen molar-refractivity contribution in [2.24, 2.45) is 4.99 Å². The van der Waals surface area contributed by atoms with Crippen LogP contribution in [0.3, 0.4) is 0 Å². The molecular weight excluding hydrogens is 485 g/mol. The third kappa shape index (κ3) is 6.58. The fourth-order valence-corrected chi connectivity index (χ4v) is 3.74. The molecule has 1 amide bonds. The first-order valence-electron chi connectivity index (χ1n) is 10.3. The van der Waals surface area contributed by atoms with Crippen LogP contribution in [0.4, 0.5) is 0 Å². The van der Waals surface area contributed by atoms with Crippen molar-refractivity contribution in [1.82, 2.24) is 20.0 Å². The summed E-state index contributed by atoms with van der Waals surface area (Å²) in [5, 5.41) is 3.41. The molecule has 2 aliphatic rings. The first kappa shape index (κ1) is 23.9. The Morgan fingerprint density at radius 1 is 1.14 bits per heavy atom. The molecule has 2 fully saturated rings. The van der Waals surface area contributed by atoms with Crippen molar-refractivity contribution < 1.29 is 13.9 Å². The highest BCUT2D eigenvalue weighted by Gasteiger charge is 2.26. The number of guanidine groups is 1.